The summed E-state index contributed by atoms with van der Waals surface area (Å²) in [5, 5.41) is 27.0. The van der Waals surface area contributed by atoms with Crippen molar-refractivity contribution in [1.29, 1.82) is 0 Å². The third kappa shape index (κ3) is 2.31. The Hall–Kier alpha value is -1.04. The van der Waals surface area contributed by atoms with Crippen LogP contribution < -0.4 is 0 Å². The molecule has 0 amide bonds. The van der Waals surface area contributed by atoms with Gasteiger partial charge in [0.2, 0.25) is 0 Å². The van der Waals surface area contributed by atoms with E-state index in [2.05, 4.69) is 0 Å². The van der Waals surface area contributed by atoms with Crippen LogP contribution >= 0.6 is 0 Å². The monoisotopic (exact) mass is 218 g/mol. The Morgan fingerprint density at radius 2 is 1.87 bits per heavy atom. The highest BCUT2D eigenvalue weighted by Crippen LogP contribution is 2.25. The Labute approximate surface area is 85.6 Å². The standard InChI is InChI=1S/C10H12F2O3/c1-5-2-3-6(11)8(9(5)12)10(15)7(14)4-13/h2-3,7,10,13-15H,4H2,1H3. The topological polar surface area (TPSA) is 60.7 Å². The molecule has 1 aromatic carbocycles. The molecule has 0 bridgehead atoms. The van der Waals surface area contributed by atoms with E-state index < -0.39 is 36.0 Å². The van der Waals surface area contributed by atoms with Crippen molar-refractivity contribution in [1.82, 2.24) is 0 Å². The number of hydrogen-bond donors (Lipinski definition) is 3. The van der Waals surface area contributed by atoms with Crippen LogP contribution in [-0.4, -0.2) is 28.0 Å². The molecular weight excluding hydrogens is 206 g/mol. The van der Waals surface area contributed by atoms with Crippen molar-refractivity contribution in [2.24, 2.45) is 0 Å². The fourth-order valence-corrected chi connectivity index (χ4v) is 1.24. The first-order valence-corrected chi connectivity index (χ1v) is 4.40. The maximum Gasteiger partial charge on any atom is 0.134 e. The van der Waals surface area contributed by atoms with E-state index in [4.69, 9.17) is 10.2 Å². The van der Waals surface area contributed by atoms with Gasteiger partial charge in [-0.2, -0.15) is 0 Å². The van der Waals surface area contributed by atoms with Gasteiger partial charge in [0.25, 0.3) is 0 Å². The van der Waals surface area contributed by atoms with Crippen LogP contribution in [0.2, 0.25) is 0 Å². The highest BCUT2D eigenvalue weighted by atomic mass is 19.1. The first-order chi connectivity index (χ1) is 6.99. The Morgan fingerprint density at radius 1 is 1.27 bits per heavy atom. The minimum atomic E-state index is -1.77. The Morgan fingerprint density at radius 3 is 2.40 bits per heavy atom. The molecule has 3 nitrogen and oxygen atoms in total. The van der Waals surface area contributed by atoms with E-state index in [0.717, 1.165) is 6.07 Å². The zero-order valence-electron chi connectivity index (χ0n) is 8.11. The van der Waals surface area contributed by atoms with Crippen molar-refractivity contribution >= 4 is 0 Å². The lowest BCUT2D eigenvalue weighted by molar-refractivity contribution is -0.0185. The maximum absolute atomic E-state index is 13.4. The predicted octanol–water partition coefficient (Wildman–Crippen LogP) is 0.660. The molecule has 0 aliphatic carbocycles. The molecule has 0 radical (unpaired) electrons. The number of aliphatic hydroxyl groups is 3. The van der Waals surface area contributed by atoms with E-state index in [1.54, 1.807) is 0 Å². The number of aliphatic hydroxyl groups excluding tert-OH is 3. The van der Waals surface area contributed by atoms with Gasteiger partial charge in [-0.1, -0.05) is 6.07 Å². The van der Waals surface area contributed by atoms with Gasteiger partial charge in [-0.25, -0.2) is 8.78 Å². The third-order valence-corrected chi connectivity index (χ3v) is 2.17. The van der Waals surface area contributed by atoms with Gasteiger partial charge in [-0.15, -0.1) is 0 Å². The van der Waals surface area contributed by atoms with Crippen LogP contribution in [0, 0.1) is 18.6 Å². The number of aryl methyl sites for hydroxylation is 1. The van der Waals surface area contributed by atoms with Crippen molar-refractivity contribution < 1.29 is 24.1 Å². The van der Waals surface area contributed by atoms with Crippen LogP contribution in [0.15, 0.2) is 12.1 Å². The predicted molar refractivity (Wildman–Crippen MR) is 49.1 cm³/mol. The van der Waals surface area contributed by atoms with Gasteiger partial charge in [0.1, 0.15) is 23.8 Å². The van der Waals surface area contributed by atoms with Gasteiger partial charge in [0, 0.05) is 0 Å². The molecule has 0 aromatic heterocycles. The maximum atomic E-state index is 13.4. The van der Waals surface area contributed by atoms with Gasteiger partial charge in [-0.05, 0) is 18.6 Å². The van der Waals surface area contributed by atoms with E-state index >= 15 is 0 Å². The molecule has 1 rings (SSSR count). The molecule has 0 fully saturated rings. The molecule has 0 spiro atoms. The molecule has 5 heteroatoms. The summed E-state index contributed by atoms with van der Waals surface area (Å²) in [5.74, 6) is -1.85. The van der Waals surface area contributed by atoms with Crippen LogP contribution in [0.5, 0.6) is 0 Å². The SMILES string of the molecule is Cc1ccc(F)c(C(O)C(O)CO)c1F. The van der Waals surface area contributed by atoms with Crippen LogP contribution in [0.3, 0.4) is 0 Å². The Balaban J connectivity index is 3.18. The molecule has 0 aliphatic rings. The number of benzene rings is 1. The zero-order valence-corrected chi connectivity index (χ0v) is 8.11. The summed E-state index contributed by atoms with van der Waals surface area (Å²) in [6.07, 6.45) is -3.37. The molecule has 84 valence electrons. The van der Waals surface area contributed by atoms with Gasteiger partial charge in [-0.3, -0.25) is 0 Å². The molecule has 2 atom stereocenters. The summed E-state index contributed by atoms with van der Waals surface area (Å²) < 4.78 is 26.6. The fourth-order valence-electron chi connectivity index (χ4n) is 1.24. The van der Waals surface area contributed by atoms with Crippen molar-refractivity contribution in [3.8, 4) is 0 Å². The summed E-state index contributed by atoms with van der Waals surface area (Å²) in [5.41, 5.74) is -0.452. The molecule has 2 unspecified atom stereocenters. The number of halogens is 2. The van der Waals surface area contributed by atoms with Gasteiger partial charge < -0.3 is 15.3 Å². The van der Waals surface area contributed by atoms with Crippen LogP contribution in [0.4, 0.5) is 8.78 Å². The van der Waals surface area contributed by atoms with Crippen molar-refractivity contribution in [3.63, 3.8) is 0 Å². The smallest absolute Gasteiger partial charge is 0.134 e. The van der Waals surface area contributed by atoms with E-state index in [1.807, 2.05) is 0 Å². The van der Waals surface area contributed by atoms with Gasteiger partial charge in [0.15, 0.2) is 0 Å². The van der Waals surface area contributed by atoms with Crippen LogP contribution in [0.1, 0.15) is 17.2 Å². The van der Waals surface area contributed by atoms with E-state index in [1.165, 1.54) is 13.0 Å². The molecule has 0 saturated heterocycles. The average molecular weight is 218 g/mol. The molecule has 0 heterocycles. The molecule has 0 saturated carbocycles. The lowest BCUT2D eigenvalue weighted by atomic mass is 10.0. The second-order valence-electron chi connectivity index (χ2n) is 3.29. The van der Waals surface area contributed by atoms with Crippen molar-refractivity contribution in [2.75, 3.05) is 6.61 Å². The summed E-state index contributed by atoms with van der Waals surface area (Å²) in [7, 11) is 0. The number of rotatable bonds is 3. The molecule has 15 heavy (non-hydrogen) atoms. The van der Waals surface area contributed by atoms with Gasteiger partial charge in [0.05, 0.1) is 12.2 Å². The molecule has 0 aliphatic heterocycles. The highest BCUT2D eigenvalue weighted by molar-refractivity contribution is 5.28. The minimum absolute atomic E-state index is 0.163. The largest absolute Gasteiger partial charge is 0.394 e. The third-order valence-electron chi connectivity index (χ3n) is 2.17. The normalized spacial score (nSPS) is 15.1. The van der Waals surface area contributed by atoms with E-state index in [0.29, 0.717) is 0 Å². The average Bonchev–Trinajstić information content (AvgIpc) is 2.22. The molecular formula is C10H12F2O3. The van der Waals surface area contributed by atoms with Gasteiger partial charge >= 0.3 is 0 Å². The summed E-state index contributed by atoms with van der Waals surface area (Å²) >= 11 is 0. The first kappa shape index (κ1) is 12.0. The van der Waals surface area contributed by atoms with E-state index in [9.17, 15) is 13.9 Å². The second-order valence-corrected chi connectivity index (χ2v) is 3.29. The summed E-state index contributed by atoms with van der Waals surface area (Å²) in [6, 6.07) is 2.23. The lowest BCUT2D eigenvalue weighted by Crippen LogP contribution is -2.24. The second kappa shape index (κ2) is 4.65. The minimum Gasteiger partial charge on any atom is -0.394 e. The molecule has 3 N–H and O–H groups in total. The quantitative estimate of drug-likeness (QED) is 0.698. The zero-order chi connectivity index (χ0) is 11.6. The van der Waals surface area contributed by atoms with Crippen LogP contribution in [-0.2, 0) is 0 Å². The lowest BCUT2D eigenvalue weighted by Gasteiger charge is -2.17. The Bertz CT molecular complexity index is 355. The van der Waals surface area contributed by atoms with Crippen LogP contribution in [0.25, 0.3) is 0 Å². The Kier molecular flexibility index (Phi) is 3.73. The fraction of sp³-hybridized carbons (Fsp3) is 0.400. The number of hydrogen-bond acceptors (Lipinski definition) is 3. The highest BCUT2D eigenvalue weighted by Gasteiger charge is 2.25. The van der Waals surface area contributed by atoms with Crippen molar-refractivity contribution in [2.45, 2.75) is 19.1 Å². The van der Waals surface area contributed by atoms with Crippen molar-refractivity contribution in [3.05, 3.63) is 34.9 Å². The first-order valence-electron chi connectivity index (χ1n) is 4.40. The van der Waals surface area contributed by atoms with E-state index in [-0.39, 0.29) is 5.56 Å². The molecule has 1 aromatic rings. The summed E-state index contributed by atoms with van der Waals surface area (Å²) in [6.45, 7) is 0.643. The summed E-state index contributed by atoms with van der Waals surface area (Å²) in [4.78, 5) is 0.